The molecule has 1 radical (unpaired) electrons. The van der Waals surface area contributed by atoms with Gasteiger partial charge in [0, 0.05) is 32.2 Å². The predicted molar refractivity (Wildman–Crippen MR) is 39.4 cm³/mol. The minimum atomic E-state index is 0. The van der Waals surface area contributed by atoms with E-state index in [1.807, 2.05) is 30.3 Å². The standard InChI is InChI=1S/C6H6S.Tl/c7-6-4-2-1-3-5-6;/h1-5,7H;. The molecule has 0 aliphatic heterocycles. The molecule has 0 spiro atoms. The zero-order chi connectivity index (χ0) is 5.11. The zero-order valence-electron chi connectivity index (χ0n) is 4.41. The summed E-state index contributed by atoms with van der Waals surface area (Å²) in [5.74, 6) is 0. The predicted octanol–water partition coefficient (Wildman–Crippen LogP) is 1.59. The van der Waals surface area contributed by atoms with Gasteiger partial charge in [0.05, 0.1) is 0 Å². The summed E-state index contributed by atoms with van der Waals surface area (Å²) in [4.78, 5) is 1.02. The molecule has 0 saturated heterocycles. The number of thiol groups is 1. The van der Waals surface area contributed by atoms with Gasteiger partial charge >= 0.3 is 0 Å². The monoisotopic (exact) mass is 315 g/mol. The van der Waals surface area contributed by atoms with E-state index >= 15 is 0 Å². The molecule has 0 nitrogen and oxygen atoms in total. The summed E-state index contributed by atoms with van der Waals surface area (Å²) < 4.78 is 0. The number of rotatable bonds is 0. The Morgan fingerprint density at radius 2 is 1.50 bits per heavy atom. The largest absolute Gasteiger partial charge is 0.143 e. The molecule has 0 heterocycles. The number of hydrogen-bond donors (Lipinski definition) is 1. The topological polar surface area (TPSA) is 0 Å². The SMILES string of the molecule is Sc1ccccc1.[Tl]. The molecule has 0 amide bonds. The van der Waals surface area contributed by atoms with Gasteiger partial charge in [-0.25, -0.2) is 0 Å². The first kappa shape index (κ1) is 8.49. The maximum atomic E-state index is 4.08. The molecule has 0 N–H and O–H groups in total. The van der Waals surface area contributed by atoms with Crippen molar-refractivity contribution in [3.8, 4) is 0 Å². The van der Waals surface area contributed by atoms with Crippen molar-refractivity contribution >= 4 is 39.9 Å². The average Bonchev–Trinajstić information content (AvgIpc) is 1.69. The maximum Gasteiger partial charge on any atom is 0.00399 e. The van der Waals surface area contributed by atoms with Gasteiger partial charge in [-0.05, 0) is 12.1 Å². The second-order valence-electron chi connectivity index (χ2n) is 1.34. The molecular weight excluding hydrogens is 309 g/mol. The van der Waals surface area contributed by atoms with Crippen LogP contribution >= 0.6 is 12.6 Å². The van der Waals surface area contributed by atoms with E-state index in [0.29, 0.717) is 0 Å². The van der Waals surface area contributed by atoms with E-state index in [2.05, 4.69) is 12.6 Å². The summed E-state index contributed by atoms with van der Waals surface area (Å²) in [6.45, 7) is 0. The van der Waals surface area contributed by atoms with Crippen LogP contribution in [-0.4, -0.2) is 27.3 Å². The molecule has 0 bridgehead atoms. The zero-order valence-corrected chi connectivity index (χ0v) is 9.79. The van der Waals surface area contributed by atoms with Crippen LogP contribution in [0.25, 0.3) is 0 Å². The van der Waals surface area contributed by atoms with Crippen LogP contribution in [0.4, 0.5) is 0 Å². The molecule has 0 aliphatic rings. The van der Waals surface area contributed by atoms with Crippen molar-refractivity contribution in [1.82, 2.24) is 0 Å². The first-order chi connectivity index (χ1) is 3.39. The van der Waals surface area contributed by atoms with Gasteiger partial charge in [0.1, 0.15) is 0 Å². The third-order valence-electron chi connectivity index (χ3n) is 0.756. The van der Waals surface area contributed by atoms with Gasteiger partial charge in [0.25, 0.3) is 0 Å². The van der Waals surface area contributed by atoms with Crippen LogP contribution in [0, 0.1) is 0 Å². The molecule has 1 rings (SSSR count). The van der Waals surface area contributed by atoms with E-state index in [9.17, 15) is 0 Å². The van der Waals surface area contributed by atoms with Crippen molar-refractivity contribution in [3.05, 3.63) is 30.3 Å². The molecular formula is C6H6STl. The Labute approximate surface area is 74.9 Å². The summed E-state index contributed by atoms with van der Waals surface area (Å²) in [6, 6.07) is 9.79. The van der Waals surface area contributed by atoms with Crippen LogP contribution in [0.15, 0.2) is 35.2 Å². The van der Waals surface area contributed by atoms with Crippen molar-refractivity contribution in [2.75, 3.05) is 0 Å². The molecule has 39 valence electrons. The van der Waals surface area contributed by atoms with Gasteiger partial charge in [-0.2, -0.15) is 0 Å². The van der Waals surface area contributed by atoms with Crippen LogP contribution in [0.2, 0.25) is 0 Å². The van der Waals surface area contributed by atoms with Crippen LogP contribution in [0.1, 0.15) is 0 Å². The smallest absolute Gasteiger partial charge is 0.00399 e. The van der Waals surface area contributed by atoms with E-state index in [-0.39, 0.29) is 27.3 Å². The molecule has 8 heavy (non-hydrogen) atoms. The summed E-state index contributed by atoms with van der Waals surface area (Å²) in [5, 5.41) is 0. The Bertz CT molecular complexity index is 138. The Morgan fingerprint density at radius 1 is 1.00 bits per heavy atom. The Morgan fingerprint density at radius 3 is 1.75 bits per heavy atom. The van der Waals surface area contributed by atoms with Gasteiger partial charge < -0.3 is 0 Å². The van der Waals surface area contributed by atoms with Gasteiger partial charge in [0.15, 0.2) is 0 Å². The van der Waals surface area contributed by atoms with Gasteiger partial charge in [-0.3, -0.25) is 0 Å². The quantitative estimate of drug-likeness (QED) is 0.546. The number of hydrogen-bond acceptors (Lipinski definition) is 1. The molecule has 1 aromatic rings. The van der Waals surface area contributed by atoms with Crippen molar-refractivity contribution < 1.29 is 0 Å². The summed E-state index contributed by atoms with van der Waals surface area (Å²) in [6.07, 6.45) is 0. The average molecular weight is 315 g/mol. The van der Waals surface area contributed by atoms with Crippen molar-refractivity contribution in [2.24, 2.45) is 0 Å². The third kappa shape index (κ3) is 2.72. The molecule has 0 saturated carbocycles. The van der Waals surface area contributed by atoms with Gasteiger partial charge in [-0.15, -0.1) is 12.6 Å². The Balaban J connectivity index is 0.000000490. The fourth-order valence-corrected chi connectivity index (χ4v) is 0.600. The summed E-state index contributed by atoms with van der Waals surface area (Å²) >= 11 is 4.08. The third-order valence-corrected chi connectivity index (χ3v) is 1.05. The fourth-order valence-electron chi connectivity index (χ4n) is 0.428. The van der Waals surface area contributed by atoms with Gasteiger partial charge in [-0.1, -0.05) is 18.2 Å². The van der Waals surface area contributed by atoms with E-state index in [4.69, 9.17) is 0 Å². The molecule has 0 aliphatic carbocycles. The van der Waals surface area contributed by atoms with Crippen molar-refractivity contribution in [3.63, 3.8) is 0 Å². The van der Waals surface area contributed by atoms with E-state index in [1.54, 1.807) is 0 Å². The normalized spacial score (nSPS) is 7.62. The first-order valence-corrected chi connectivity index (χ1v) is 2.58. The van der Waals surface area contributed by atoms with Crippen LogP contribution < -0.4 is 0 Å². The summed E-state index contributed by atoms with van der Waals surface area (Å²) in [7, 11) is 0. The molecule has 0 fully saturated rings. The van der Waals surface area contributed by atoms with Crippen LogP contribution in [0.5, 0.6) is 0 Å². The van der Waals surface area contributed by atoms with E-state index in [0.717, 1.165) is 4.90 Å². The van der Waals surface area contributed by atoms with Crippen LogP contribution in [-0.2, 0) is 0 Å². The fraction of sp³-hybridized carbons (Fsp3) is 0. The second kappa shape index (κ2) is 4.38. The van der Waals surface area contributed by atoms with Gasteiger partial charge in [0.2, 0.25) is 0 Å². The molecule has 0 unspecified atom stereocenters. The minimum Gasteiger partial charge on any atom is -0.143 e. The molecule has 0 aromatic heterocycles. The summed E-state index contributed by atoms with van der Waals surface area (Å²) in [5.41, 5.74) is 0. The first-order valence-electron chi connectivity index (χ1n) is 2.13. The maximum absolute atomic E-state index is 4.08. The molecule has 1 aromatic carbocycles. The van der Waals surface area contributed by atoms with Crippen LogP contribution in [0.3, 0.4) is 0 Å². The Kier molecular flexibility index (Phi) is 4.65. The Hall–Kier alpha value is 0.492. The second-order valence-corrected chi connectivity index (χ2v) is 1.85. The molecule has 0 atom stereocenters. The number of benzene rings is 1. The van der Waals surface area contributed by atoms with E-state index < -0.39 is 0 Å². The van der Waals surface area contributed by atoms with Crippen molar-refractivity contribution in [1.29, 1.82) is 0 Å². The molecule has 2 heteroatoms. The van der Waals surface area contributed by atoms with E-state index in [1.165, 1.54) is 0 Å². The minimum absolute atomic E-state index is 0. The van der Waals surface area contributed by atoms with Crippen molar-refractivity contribution in [2.45, 2.75) is 4.90 Å².